The molecule has 0 spiro atoms. The van der Waals surface area contributed by atoms with E-state index in [0.717, 1.165) is 80.3 Å². The molecule has 0 unspecified atom stereocenters. The first-order valence-electron chi connectivity index (χ1n) is 31.3. The Kier molecular flexibility index (Phi) is 20.7. The highest BCUT2D eigenvalue weighted by molar-refractivity contribution is 6.98. The Labute approximate surface area is 532 Å². The number of ketones is 1. The van der Waals surface area contributed by atoms with Crippen LogP contribution < -0.4 is 26.1 Å². The molecule has 0 radical (unpaired) electrons. The van der Waals surface area contributed by atoms with Crippen LogP contribution in [0.3, 0.4) is 0 Å². The summed E-state index contributed by atoms with van der Waals surface area (Å²) in [7, 11) is 0.240. The van der Waals surface area contributed by atoms with E-state index in [9.17, 15) is 30.1 Å². The summed E-state index contributed by atoms with van der Waals surface area (Å²) in [6, 6.07) is 58.7. The zero-order chi connectivity index (χ0) is 63.6. The van der Waals surface area contributed by atoms with Gasteiger partial charge >= 0.3 is 7.12 Å². The first-order valence-corrected chi connectivity index (χ1v) is 34.3. The van der Waals surface area contributed by atoms with Gasteiger partial charge < -0.3 is 20.3 Å². The van der Waals surface area contributed by atoms with Gasteiger partial charge in [0.1, 0.15) is 15.1 Å². The number of rotatable bonds is 27. The number of carbonyl (C=O) groups excluding carboxylic acids is 2. The van der Waals surface area contributed by atoms with Gasteiger partial charge in [-0.1, -0.05) is 172 Å². The zero-order valence-corrected chi connectivity index (χ0v) is 53.9. The van der Waals surface area contributed by atoms with Gasteiger partial charge in [0.25, 0.3) is 0 Å². The number of Topliss-reactive ketones (excluding diaryl/α,β-unsaturated/α-hetero) is 1. The van der Waals surface area contributed by atoms with Crippen LogP contribution in [0.25, 0.3) is 27.1 Å². The molecular weight excluding hydrogens is 1130 g/mol. The Morgan fingerprint density at radius 3 is 1.89 bits per heavy atom. The number of hydrogen-bond acceptors (Lipinski definition) is 10. The second kappa shape index (κ2) is 28.9. The molecule has 8 aromatic carbocycles. The second-order valence-corrected chi connectivity index (χ2v) is 29.2. The lowest BCUT2D eigenvalue weighted by Gasteiger charge is -2.38. The van der Waals surface area contributed by atoms with Gasteiger partial charge in [-0.05, 0) is 163 Å². The van der Waals surface area contributed by atoms with E-state index in [2.05, 4.69) is 204 Å². The fourth-order valence-electron chi connectivity index (χ4n) is 13.0. The molecule has 1 heterocycles. The number of amides is 1. The fraction of sp³-hybridized carbons (Fsp3) is 0.250. The van der Waals surface area contributed by atoms with Crippen molar-refractivity contribution in [3.8, 4) is 0 Å². The summed E-state index contributed by atoms with van der Waals surface area (Å²) < 4.78 is 2.35. The number of fused-ring (bicyclic) bond motifs is 4. The lowest BCUT2D eigenvalue weighted by Crippen LogP contribution is -2.49. The van der Waals surface area contributed by atoms with Crippen molar-refractivity contribution in [1.29, 1.82) is 0 Å². The second-order valence-electron chi connectivity index (χ2n) is 24.9. The Morgan fingerprint density at radius 1 is 0.622 bits per heavy atom. The van der Waals surface area contributed by atoms with E-state index in [1.54, 1.807) is 32.0 Å². The molecule has 1 aliphatic heterocycles. The third kappa shape index (κ3) is 14.8. The summed E-state index contributed by atoms with van der Waals surface area (Å²) in [5.74, 6) is -0.148. The summed E-state index contributed by atoms with van der Waals surface area (Å²) in [4.78, 5) is 32.7. The fourth-order valence-corrected chi connectivity index (χ4v) is 16.0. The Hall–Kier alpha value is -8.57. The summed E-state index contributed by atoms with van der Waals surface area (Å²) in [6.45, 7) is 21.1. The van der Waals surface area contributed by atoms with Crippen LogP contribution >= 0.6 is 0 Å². The first-order chi connectivity index (χ1) is 43.4. The zero-order valence-electron chi connectivity index (χ0n) is 52.9. The minimum atomic E-state index is -2.45. The van der Waals surface area contributed by atoms with Crippen LogP contribution in [0.1, 0.15) is 84.0 Å². The highest BCUT2D eigenvalue weighted by atomic mass is 28.3. The molecule has 14 heteroatoms. The smallest absolute Gasteiger partial charge is 0.423 e. The van der Waals surface area contributed by atoms with Gasteiger partial charge in [-0.2, -0.15) is 0 Å². The maximum atomic E-state index is 12.9. The minimum Gasteiger partial charge on any atom is -0.423 e. The summed E-state index contributed by atoms with van der Waals surface area (Å²) >= 11 is 0. The molecule has 1 aliphatic carbocycles. The van der Waals surface area contributed by atoms with Crippen molar-refractivity contribution < 1.29 is 34.6 Å². The predicted octanol–water partition coefficient (Wildman–Crippen LogP) is 12.3. The molecule has 2 aliphatic rings. The van der Waals surface area contributed by atoms with Crippen molar-refractivity contribution in [1.82, 2.24) is 15.1 Å². The molecule has 10 rings (SSSR count). The van der Waals surface area contributed by atoms with Gasteiger partial charge in [0, 0.05) is 88.3 Å². The topological polar surface area (TPSA) is 143 Å². The average Bonchev–Trinajstić information content (AvgIpc) is 0.722. The van der Waals surface area contributed by atoms with E-state index in [0.29, 0.717) is 81.7 Å². The minimum absolute atomic E-state index is 0.0508. The Balaban J connectivity index is 1.19. The van der Waals surface area contributed by atoms with Crippen LogP contribution in [0.15, 0.2) is 223 Å². The molecule has 0 atom stereocenters. The van der Waals surface area contributed by atoms with Crippen LogP contribution in [0, 0.1) is 0 Å². The molecule has 1 amide bonds. The Bertz CT molecular complexity index is 4120. The van der Waals surface area contributed by atoms with E-state index >= 15 is 0 Å². The monoisotopic (exact) mass is 1220 g/mol. The standard InChI is InChI=1S/C76H83BN6O6Si/c1-53(2)72(84)34-21-22-42-81(49-58-28-15-19-32-70(58)77(86)87)52-69-63-31-18-17-30-62(63)68(51-82(43-23-41-78-76(85)54(3)4)50-59-29-16-20-33-71(59)83(88)89)64-38-35-57(44-67(64)69)75-65-39-36-60(79(5)47-55-24-11-9-12-25-55)45-73(65)90(7,8)74-46-61(37-40-66(74)75)80(6)48-56-26-13-10-14-27-56/h9-20,24-33,35-40,44-46,86-89H,1,3,21-23,34,41-43,47-52H2,2,4-8H3/p+1. The largest absolute Gasteiger partial charge is 0.488 e. The van der Waals surface area contributed by atoms with Gasteiger partial charge in [-0.3, -0.25) is 29.8 Å². The van der Waals surface area contributed by atoms with Gasteiger partial charge in [-0.25, -0.2) is 4.58 Å². The lowest BCUT2D eigenvalue weighted by molar-refractivity contribution is -0.512. The van der Waals surface area contributed by atoms with E-state index in [-0.39, 0.29) is 22.6 Å². The summed E-state index contributed by atoms with van der Waals surface area (Å²) in [5.41, 5.74) is 14.9. The molecule has 5 N–H and O–H groups in total. The van der Waals surface area contributed by atoms with Gasteiger partial charge in [-0.15, -0.1) is 5.23 Å². The predicted molar refractivity (Wildman–Crippen MR) is 371 cm³/mol. The van der Waals surface area contributed by atoms with E-state index in [1.807, 2.05) is 30.3 Å². The normalized spacial score (nSPS) is 13.9. The number of nitrogens with zero attached hydrogens (tertiary/aromatic N) is 5. The molecule has 12 nitrogen and oxygen atoms in total. The SMILES string of the molecule is C=C(C)C(=O)CCCCN(Cc1ccccc1B(O)O)Cc1c2ccccc2c(CN(CCCNC(=O)C(=C)C)Cc2ccccc2N(O)O)c2ccc(C3=C4C=CC(=[N+](C)Cc5ccccc5)C=C4[Si](C)(C)c4cc(N(C)Cc5ccccc5)ccc43)cc12. The molecule has 0 bridgehead atoms. The number of carbonyl (C=O) groups is 2. The number of para-hydroxylation sites is 1. The van der Waals surface area contributed by atoms with Crippen LogP contribution in [0.5, 0.6) is 0 Å². The van der Waals surface area contributed by atoms with Crippen molar-refractivity contribution in [2.45, 2.75) is 91.9 Å². The van der Waals surface area contributed by atoms with E-state index in [1.165, 1.54) is 38.2 Å². The van der Waals surface area contributed by atoms with Crippen molar-refractivity contribution in [2.75, 3.05) is 43.9 Å². The van der Waals surface area contributed by atoms with E-state index in [4.69, 9.17) is 0 Å². The number of benzene rings is 8. The third-order valence-electron chi connectivity index (χ3n) is 17.9. The van der Waals surface area contributed by atoms with Crippen molar-refractivity contribution in [3.05, 3.63) is 268 Å². The molecule has 0 saturated heterocycles. The van der Waals surface area contributed by atoms with Gasteiger partial charge in [0.15, 0.2) is 18.0 Å². The lowest BCUT2D eigenvalue weighted by atomic mass is 9.77. The first kappa shape index (κ1) is 64.4. The summed E-state index contributed by atoms with van der Waals surface area (Å²) in [6.07, 6.45) is 9.49. The molecule has 8 aromatic rings. The van der Waals surface area contributed by atoms with Crippen molar-refractivity contribution >= 4 is 81.7 Å². The molecular formula is C76H84BN6O6Si+. The molecule has 90 heavy (non-hydrogen) atoms. The summed E-state index contributed by atoms with van der Waals surface area (Å²) in [5, 5.41) is 52.7. The molecule has 460 valence electrons. The third-order valence-corrected chi connectivity index (χ3v) is 21.4. The molecule has 0 aromatic heterocycles. The van der Waals surface area contributed by atoms with Crippen LogP contribution in [-0.4, -0.2) is 101 Å². The number of nitrogens with one attached hydrogen (secondary N) is 1. The average molecular weight is 1220 g/mol. The van der Waals surface area contributed by atoms with Crippen molar-refractivity contribution in [2.24, 2.45) is 0 Å². The molecule has 0 saturated carbocycles. The Morgan fingerprint density at radius 2 is 1.22 bits per heavy atom. The highest BCUT2D eigenvalue weighted by Crippen LogP contribution is 2.44. The quantitative estimate of drug-likeness (QED) is 0.00843. The van der Waals surface area contributed by atoms with Gasteiger partial charge in [0.05, 0.1) is 5.69 Å². The van der Waals surface area contributed by atoms with Crippen LogP contribution in [-0.2, 0) is 48.9 Å². The number of allylic oxidation sites excluding steroid dienone is 6. The number of anilines is 2. The number of unbranched alkanes of at least 4 members (excludes halogenated alkanes) is 1. The maximum absolute atomic E-state index is 12.9. The van der Waals surface area contributed by atoms with Crippen molar-refractivity contribution in [3.63, 3.8) is 0 Å². The van der Waals surface area contributed by atoms with Crippen LogP contribution in [0.2, 0.25) is 13.1 Å². The maximum Gasteiger partial charge on any atom is 0.488 e. The highest BCUT2D eigenvalue weighted by Gasteiger charge is 2.41. The van der Waals surface area contributed by atoms with Crippen LogP contribution in [0.4, 0.5) is 11.4 Å². The molecule has 0 fully saturated rings. The number of hydrogen-bond donors (Lipinski definition) is 5. The van der Waals surface area contributed by atoms with E-state index < -0.39 is 15.2 Å². The van der Waals surface area contributed by atoms with Gasteiger partial charge in [0.2, 0.25) is 5.91 Å².